The number of alkyl halides is 3. The van der Waals surface area contributed by atoms with Crippen LogP contribution in [-0.2, 0) is 6.18 Å². The first-order valence-corrected chi connectivity index (χ1v) is 6.46. The number of hydrogen-bond acceptors (Lipinski definition) is 2. The van der Waals surface area contributed by atoms with Crippen molar-refractivity contribution in [2.24, 2.45) is 5.73 Å². The third-order valence-corrected chi connectivity index (χ3v) is 3.39. The lowest BCUT2D eigenvalue weighted by Gasteiger charge is -2.17. The Morgan fingerprint density at radius 2 is 1.89 bits per heavy atom. The van der Waals surface area contributed by atoms with Gasteiger partial charge >= 0.3 is 6.18 Å². The molecule has 19 heavy (non-hydrogen) atoms. The number of halogens is 3. The summed E-state index contributed by atoms with van der Waals surface area (Å²) in [7, 11) is 0. The maximum Gasteiger partial charge on any atom is 0.417 e. The van der Waals surface area contributed by atoms with E-state index in [9.17, 15) is 13.2 Å². The van der Waals surface area contributed by atoms with Crippen molar-refractivity contribution >= 4 is 17.2 Å². The van der Waals surface area contributed by atoms with Crippen LogP contribution in [0, 0.1) is 0 Å². The predicted octanol–water partition coefficient (Wildman–Crippen LogP) is 3.66. The summed E-state index contributed by atoms with van der Waals surface area (Å²) >= 11 is 4.64. The fourth-order valence-electron chi connectivity index (χ4n) is 2.24. The Kier molecular flexibility index (Phi) is 3.99. The SMILES string of the molecule is NC(=S)c1ccc(OC2CCCC2)cc1C(F)(F)F. The van der Waals surface area contributed by atoms with Gasteiger partial charge in [-0.3, -0.25) is 0 Å². The molecule has 0 heterocycles. The van der Waals surface area contributed by atoms with Crippen LogP contribution in [0.4, 0.5) is 13.2 Å². The molecule has 1 aliphatic carbocycles. The first kappa shape index (κ1) is 14.1. The summed E-state index contributed by atoms with van der Waals surface area (Å²) in [6, 6.07) is 3.74. The fraction of sp³-hybridized carbons (Fsp3) is 0.462. The molecule has 104 valence electrons. The van der Waals surface area contributed by atoms with Crippen LogP contribution in [0.5, 0.6) is 5.75 Å². The number of hydrogen-bond donors (Lipinski definition) is 1. The van der Waals surface area contributed by atoms with Gasteiger partial charge in [0.2, 0.25) is 0 Å². The molecule has 2 nitrogen and oxygen atoms in total. The third kappa shape index (κ3) is 3.37. The van der Waals surface area contributed by atoms with Crippen LogP contribution < -0.4 is 10.5 Å². The van der Waals surface area contributed by atoms with Crippen molar-refractivity contribution in [3.8, 4) is 5.75 Å². The topological polar surface area (TPSA) is 35.2 Å². The van der Waals surface area contributed by atoms with E-state index in [0.29, 0.717) is 0 Å². The van der Waals surface area contributed by atoms with Gasteiger partial charge in [-0.05, 0) is 43.9 Å². The van der Waals surface area contributed by atoms with Crippen LogP contribution in [0.2, 0.25) is 0 Å². The van der Waals surface area contributed by atoms with E-state index in [4.69, 9.17) is 10.5 Å². The van der Waals surface area contributed by atoms with Gasteiger partial charge in [0, 0.05) is 5.56 Å². The van der Waals surface area contributed by atoms with E-state index in [1.165, 1.54) is 12.1 Å². The van der Waals surface area contributed by atoms with Gasteiger partial charge in [0.1, 0.15) is 10.7 Å². The Balaban J connectivity index is 2.29. The molecule has 2 rings (SSSR count). The smallest absolute Gasteiger partial charge is 0.417 e. The summed E-state index contributed by atoms with van der Waals surface area (Å²) in [4.78, 5) is -0.264. The van der Waals surface area contributed by atoms with Crippen LogP contribution >= 0.6 is 12.2 Å². The molecule has 0 aliphatic heterocycles. The lowest BCUT2D eigenvalue weighted by atomic mass is 10.1. The second-order valence-corrected chi connectivity index (χ2v) is 5.03. The summed E-state index contributed by atoms with van der Waals surface area (Å²) in [5.74, 6) is 0.222. The van der Waals surface area contributed by atoms with Gasteiger partial charge in [-0.1, -0.05) is 12.2 Å². The van der Waals surface area contributed by atoms with Gasteiger partial charge in [-0.2, -0.15) is 13.2 Å². The highest BCUT2D eigenvalue weighted by molar-refractivity contribution is 7.80. The van der Waals surface area contributed by atoms with Gasteiger partial charge in [0.05, 0.1) is 11.7 Å². The molecule has 0 spiro atoms. The average molecular weight is 289 g/mol. The highest BCUT2D eigenvalue weighted by Crippen LogP contribution is 2.35. The first-order chi connectivity index (χ1) is 8.88. The van der Waals surface area contributed by atoms with Crippen molar-refractivity contribution in [2.75, 3.05) is 0 Å². The van der Waals surface area contributed by atoms with E-state index in [0.717, 1.165) is 31.7 Å². The molecule has 0 amide bonds. The Morgan fingerprint density at radius 3 is 2.42 bits per heavy atom. The predicted molar refractivity (Wildman–Crippen MR) is 70.2 cm³/mol. The van der Waals surface area contributed by atoms with Crippen LogP contribution in [0.1, 0.15) is 36.8 Å². The minimum absolute atomic E-state index is 0.0109. The van der Waals surface area contributed by atoms with Crippen molar-refractivity contribution in [1.82, 2.24) is 0 Å². The summed E-state index contributed by atoms with van der Waals surface area (Å²) in [6.45, 7) is 0. The molecule has 1 saturated carbocycles. The van der Waals surface area contributed by atoms with Crippen LogP contribution in [0.15, 0.2) is 18.2 Å². The van der Waals surface area contributed by atoms with E-state index in [1.54, 1.807) is 0 Å². The fourth-order valence-corrected chi connectivity index (χ4v) is 2.42. The van der Waals surface area contributed by atoms with E-state index in [1.807, 2.05) is 0 Å². The van der Waals surface area contributed by atoms with Crippen molar-refractivity contribution in [3.05, 3.63) is 29.3 Å². The van der Waals surface area contributed by atoms with Gasteiger partial charge < -0.3 is 10.5 Å². The molecular formula is C13H14F3NOS. The standard InChI is InChI=1S/C13H14F3NOS/c14-13(15,16)11-7-9(5-6-10(11)12(17)19)18-8-3-1-2-4-8/h5-8H,1-4H2,(H2,17,19). The maximum atomic E-state index is 12.9. The molecule has 0 aromatic heterocycles. The number of thiocarbonyl (C=S) groups is 1. The molecule has 2 N–H and O–H groups in total. The second kappa shape index (κ2) is 5.36. The van der Waals surface area contributed by atoms with Crippen molar-refractivity contribution in [2.45, 2.75) is 38.0 Å². The quantitative estimate of drug-likeness (QED) is 0.862. The molecule has 0 atom stereocenters. The molecule has 0 unspecified atom stereocenters. The lowest BCUT2D eigenvalue weighted by Crippen LogP contribution is -2.19. The molecule has 6 heteroatoms. The van der Waals surface area contributed by atoms with Gasteiger partial charge in [-0.25, -0.2) is 0 Å². The van der Waals surface area contributed by atoms with Crippen molar-refractivity contribution in [1.29, 1.82) is 0 Å². The Morgan fingerprint density at radius 1 is 1.26 bits per heavy atom. The Hall–Kier alpha value is -1.30. The molecule has 1 aliphatic rings. The summed E-state index contributed by atoms with van der Waals surface area (Å²) in [5, 5.41) is 0. The molecule has 1 aromatic rings. The molecule has 1 aromatic carbocycles. The normalized spacial score (nSPS) is 16.6. The Labute approximate surface area is 114 Å². The minimum Gasteiger partial charge on any atom is -0.490 e. The van der Waals surface area contributed by atoms with Gasteiger partial charge in [0.25, 0.3) is 0 Å². The lowest BCUT2D eigenvalue weighted by molar-refractivity contribution is -0.137. The largest absolute Gasteiger partial charge is 0.490 e. The highest BCUT2D eigenvalue weighted by atomic mass is 32.1. The molecule has 0 saturated heterocycles. The van der Waals surface area contributed by atoms with Crippen LogP contribution in [-0.4, -0.2) is 11.1 Å². The zero-order valence-corrected chi connectivity index (χ0v) is 11.0. The zero-order chi connectivity index (χ0) is 14.0. The van der Waals surface area contributed by atoms with E-state index < -0.39 is 11.7 Å². The third-order valence-electron chi connectivity index (χ3n) is 3.17. The first-order valence-electron chi connectivity index (χ1n) is 6.05. The molecule has 0 radical (unpaired) electrons. The van der Waals surface area contributed by atoms with Gasteiger partial charge in [-0.15, -0.1) is 0 Å². The van der Waals surface area contributed by atoms with E-state index in [2.05, 4.69) is 12.2 Å². The second-order valence-electron chi connectivity index (χ2n) is 4.59. The molecule has 1 fully saturated rings. The number of rotatable bonds is 3. The monoisotopic (exact) mass is 289 g/mol. The van der Waals surface area contributed by atoms with Gasteiger partial charge in [0.15, 0.2) is 0 Å². The zero-order valence-electron chi connectivity index (χ0n) is 10.2. The van der Waals surface area contributed by atoms with E-state index >= 15 is 0 Å². The van der Waals surface area contributed by atoms with Crippen molar-refractivity contribution < 1.29 is 17.9 Å². The van der Waals surface area contributed by atoms with Crippen molar-refractivity contribution in [3.63, 3.8) is 0 Å². The number of benzene rings is 1. The van der Waals surface area contributed by atoms with E-state index in [-0.39, 0.29) is 22.4 Å². The Bertz CT molecular complexity index is 481. The van der Waals surface area contributed by atoms with Crippen LogP contribution in [0.3, 0.4) is 0 Å². The summed E-state index contributed by atoms with van der Waals surface area (Å²) in [6.07, 6.45) is -0.592. The summed E-state index contributed by atoms with van der Waals surface area (Å²) in [5.41, 5.74) is 4.31. The molecule has 0 bridgehead atoms. The summed E-state index contributed by atoms with van der Waals surface area (Å²) < 4.78 is 44.4. The number of ether oxygens (including phenoxy) is 1. The minimum atomic E-state index is -4.49. The highest BCUT2D eigenvalue weighted by Gasteiger charge is 2.34. The maximum absolute atomic E-state index is 12.9. The van der Waals surface area contributed by atoms with Crippen LogP contribution in [0.25, 0.3) is 0 Å². The number of nitrogens with two attached hydrogens (primary N) is 1. The average Bonchev–Trinajstić information content (AvgIpc) is 2.80. The molecular weight excluding hydrogens is 275 g/mol.